The zero-order valence-corrected chi connectivity index (χ0v) is 17.2. The highest BCUT2D eigenvalue weighted by Crippen LogP contribution is 2.33. The summed E-state index contributed by atoms with van der Waals surface area (Å²) >= 11 is 8.59. The number of thiazole rings is 1. The van der Waals surface area contributed by atoms with E-state index in [1.165, 1.54) is 35.0 Å². The third-order valence-electron chi connectivity index (χ3n) is 3.66. The van der Waals surface area contributed by atoms with Gasteiger partial charge in [0.05, 0.1) is 24.6 Å². The van der Waals surface area contributed by atoms with Gasteiger partial charge in [-0.1, -0.05) is 17.7 Å². The highest BCUT2D eigenvalue weighted by molar-refractivity contribution is 8.03. The van der Waals surface area contributed by atoms with E-state index in [1.54, 1.807) is 13.0 Å². The Morgan fingerprint density at radius 2 is 2.00 bits per heavy atom. The molecule has 0 fully saturated rings. The lowest BCUT2D eigenvalue weighted by Crippen LogP contribution is -2.20. The summed E-state index contributed by atoms with van der Waals surface area (Å²) in [6, 6.07) is 5.75. The van der Waals surface area contributed by atoms with Gasteiger partial charge in [-0.2, -0.15) is 13.2 Å². The average molecular weight is 452 g/mol. The molecule has 1 unspecified atom stereocenters. The van der Waals surface area contributed by atoms with Crippen molar-refractivity contribution in [2.24, 2.45) is 0 Å². The van der Waals surface area contributed by atoms with Crippen molar-refractivity contribution in [2.45, 2.75) is 13.1 Å². The first-order valence-corrected chi connectivity index (χ1v) is 11.5. The Hall–Kier alpha value is -1.62. The molecule has 0 spiro atoms. The molecule has 1 N–H and O–H groups in total. The summed E-state index contributed by atoms with van der Waals surface area (Å²) in [7, 11) is -2.76. The van der Waals surface area contributed by atoms with E-state index in [9.17, 15) is 17.4 Å². The molecule has 11 heteroatoms. The first-order valence-electron chi connectivity index (χ1n) is 7.41. The number of thiophene rings is 1. The third-order valence-corrected chi connectivity index (χ3v) is 7.78. The minimum absolute atomic E-state index is 0.366. The van der Waals surface area contributed by atoms with Gasteiger partial charge in [0.1, 0.15) is 5.69 Å². The molecule has 3 aromatic heterocycles. The van der Waals surface area contributed by atoms with Crippen molar-refractivity contribution in [3.8, 4) is 10.6 Å². The lowest BCUT2D eigenvalue weighted by atomic mass is 10.2. The van der Waals surface area contributed by atoms with Crippen molar-refractivity contribution in [2.75, 3.05) is 11.0 Å². The first kappa shape index (κ1) is 20.1. The number of alkyl halides is 3. The Kier molecular flexibility index (Phi) is 5.53. The van der Waals surface area contributed by atoms with Gasteiger partial charge in [-0.05, 0) is 25.1 Å². The molecule has 0 aromatic carbocycles. The number of nitrogens with zero attached hydrogens (tertiary/aromatic N) is 2. The molecule has 0 aliphatic heterocycles. The van der Waals surface area contributed by atoms with E-state index in [0.717, 1.165) is 17.1 Å². The quantitative estimate of drug-likeness (QED) is 0.425. The van der Waals surface area contributed by atoms with Crippen LogP contribution < -0.4 is 4.72 Å². The Balaban J connectivity index is 1.87. The summed E-state index contributed by atoms with van der Waals surface area (Å²) in [5.41, 5.74) is 0.0852. The fourth-order valence-electron chi connectivity index (χ4n) is 2.12. The van der Waals surface area contributed by atoms with Crippen molar-refractivity contribution < 1.29 is 17.4 Å². The molecule has 27 heavy (non-hydrogen) atoms. The number of nitrogens with one attached hydrogen (secondary N) is 1. The molecule has 3 aromatic rings. The highest BCUT2D eigenvalue weighted by Gasteiger charge is 2.32. The number of rotatable bonds is 4. The Morgan fingerprint density at radius 1 is 1.26 bits per heavy atom. The monoisotopic (exact) mass is 451 g/mol. The van der Waals surface area contributed by atoms with Crippen LogP contribution in [-0.2, 0) is 15.9 Å². The fourth-order valence-corrected chi connectivity index (χ4v) is 5.53. The summed E-state index contributed by atoms with van der Waals surface area (Å²) in [4.78, 5) is 9.10. The molecule has 0 aliphatic rings. The zero-order chi connectivity index (χ0) is 19.8. The summed E-state index contributed by atoms with van der Waals surface area (Å²) in [5, 5.41) is 2.26. The minimum Gasteiger partial charge on any atom is -0.288 e. The lowest BCUT2D eigenvalue weighted by molar-refractivity contribution is -0.141. The molecule has 0 saturated heterocycles. The van der Waals surface area contributed by atoms with E-state index in [2.05, 4.69) is 14.7 Å². The largest absolute Gasteiger partial charge is 0.433 e. The van der Waals surface area contributed by atoms with E-state index >= 15 is 0 Å². The molecule has 3 heterocycles. The summed E-state index contributed by atoms with van der Waals surface area (Å²) < 4.78 is 54.5. The van der Waals surface area contributed by atoms with Crippen LogP contribution in [0.25, 0.3) is 10.6 Å². The normalized spacial score (nSPS) is 14.0. The van der Waals surface area contributed by atoms with Crippen LogP contribution in [0.15, 0.2) is 35.8 Å². The smallest absolute Gasteiger partial charge is 0.288 e. The van der Waals surface area contributed by atoms with Crippen LogP contribution in [-0.4, -0.2) is 25.3 Å². The molecular weight excluding hydrogens is 439 g/mol. The number of halogens is 4. The number of anilines is 1. The van der Waals surface area contributed by atoms with Gasteiger partial charge in [-0.15, -0.1) is 22.7 Å². The number of hydrogen-bond acceptors (Lipinski definition) is 5. The van der Waals surface area contributed by atoms with Crippen LogP contribution in [0.5, 0.6) is 0 Å². The average Bonchev–Trinajstić information content (AvgIpc) is 3.22. The van der Waals surface area contributed by atoms with Gasteiger partial charge in [0, 0.05) is 28.3 Å². The number of aromatic nitrogens is 2. The van der Waals surface area contributed by atoms with Gasteiger partial charge in [0.2, 0.25) is 0 Å². The van der Waals surface area contributed by atoms with Gasteiger partial charge in [-0.25, -0.2) is 9.19 Å². The van der Waals surface area contributed by atoms with Crippen molar-refractivity contribution in [1.29, 1.82) is 0 Å². The molecule has 144 valence electrons. The fraction of sp³-hybridized carbons (Fsp3) is 0.188. The Morgan fingerprint density at radius 3 is 2.56 bits per heavy atom. The van der Waals surface area contributed by atoms with Crippen LogP contribution in [0.3, 0.4) is 0 Å². The molecule has 3 rings (SSSR count). The van der Waals surface area contributed by atoms with E-state index in [1.807, 2.05) is 11.4 Å². The number of hydrogen-bond donors (Lipinski definition) is 1. The minimum atomic E-state index is -4.51. The lowest BCUT2D eigenvalue weighted by Gasteiger charge is -2.12. The van der Waals surface area contributed by atoms with Gasteiger partial charge in [0.25, 0.3) is 0 Å². The van der Waals surface area contributed by atoms with Gasteiger partial charge in [-0.3, -0.25) is 9.71 Å². The van der Waals surface area contributed by atoms with Gasteiger partial charge >= 0.3 is 6.18 Å². The van der Waals surface area contributed by atoms with Crippen molar-refractivity contribution >= 4 is 54.0 Å². The summed E-state index contributed by atoms with van der Waals surface area (Å²) in [6.45, 7) is 1.59. The van der Waals surface area contributed by atoms with Crippen LogP contribution in [0, 0.1) is 0 Å². The molecular formula is C16H13ClF3N3OS3. The van der Waals surface area contributed by atoms with Gasteiger partial charge < -0.3 is 0 Å². The Bertz CT molecular complexity index is 1080. The topological polar surface area (TPSA) is 54.9 Å². The second kappa shape index (κ2) is 7.42. The Labute approximate surface area is 167 Å². The van der Waals surface area contributed by atoms with Crippen LogP contribution in [0.4, 0.5) is 18.3 Å². The second-order valence-electron chi connectivity index (χ2n) is 5.57. The maximum absolute atomic E-state index is 13.0. The first-order chi connectivity index (χ1) is 12.6. The van der Waals surface area contributed by atoms with Crippen molar-refractivity contribution in [1.82, 2.24) is 9.97 Å². The van der Waals surface area contributed by atoms with E-state index in [4.69, 9.17) is 11.6 Å². The molecule has 0 saturated carbocycles. The molecule has 0 bridgehead atoms. The highest BCUT2D eigenvalue weighted by atomic mass is 35.5. The maximum Gasteiger partial charge on any atom is 0.433 e. The standard InChI is InChI=1S/C16H13ClF3N3OS3/c1-9(10-3-5-13(21-7-10)16(18,19)20)27(2,24)23-15-22-11(8-25-15)12-4-6-14(17)26-12/h3-8H,1-2H3,(H,22,23,24). The van der Waals surface area contributed by atoms with Crippen molar-refractivity contribution in [3.05, 3.63) is 51.4 Å². The van der Waals surface area contributed by atoms with E-state index < -0.39 is 21.6 Å². The third kappa shape index (κ3) is 4.63. The maximum atomic E-state index is 13.0. The predicted molar refractivity (Wildman–Crippen MR) is 107 cm³/mol. The zero-order valence-electron chi connectivity index (χ0n) is 14.0. The molecule has 1 atom stereocenters. The summed E-state index contributed by atoms with van der Waals surface area (Å²) in [5.74, 6) is 0. The van der Waals surface area contributed by atoms with Gasteiger partial charge in [0.15, 0.2) is 5.13 Å². The van der Waals surface area contributed by atoms with E-state index in [0.29, 0.717) is 25.6 Å². The second-order valence-corrected chi connectivity index (χ2v) is 10.7. The van der Waals surface area contributed by atoms with E-state index in [-0.39, 0.29) is 0 Å². The van der Waals surface area contributed by atoms with Crippen LogP contribution in [0.2, 0.25) is 4.34 Å². The molecule has 0 radical (unpaired) electrons. The van der Waals surface area contributed by atoms with Crippen LogP contribution in [0.1, 0.15) is 18.2 Å². The van der Waals surface area contributed by atoms with Crippen LogP contribution >= 0.6 is 34.3 Å². The van der Waals surface area contributed by atoms with Crippen molar-refractivity contribution in [3.63, 3.8) is 0 Å². The predicted octanol–water partition coefficient (Wildman–Crippen LogP) is 5.42. The summed E-state index contributed by atoms with van der Waals surface area (Å²) in [6.07, 6.45) is -1.96. The SMILES string of the molecule is CC(c1ccc(C(F)(F)F)nc1)=S(C)(=O)Nc1nc(-c2ccc(Cl)s2)cs1. The molecule has 0 aliphatic carbocycles. The molecule has 0 amide bonds. The number of pyridine rings is 1. The molecule has 4 nitrogen and oxygen atoms in total.